The number of aromatic nitrogens is 1. The number of carbonyl (C=O) groups is 3. The number of aryl methyl sites for hydroxylation is 1. The van der Waals surface area contributed by atoms with E-state index < -0.39 is 58.8 Å². The van der Waals surface area contributed by atoms with Gasteiger partial charge in [-0.1, -0.05) is 64.5 Å². The molecule has 2 unspecified atom stereocenters. The minimum atomic E-state index is -4.68. The maximum atomic E-state index is 14.0. The number of ether oxygens (including phenoxy) is 1. The van der Waals surface area contributed by atoms with E-state index in [0.29, 0.717) is 21.2 Å². The molecule has 14 heteroatoms. The Labute approximate surface area is 261 Å². The molecule has 2 aliphatic rings. The lowest BCUT2D eigenvalue weighted by Gasteiger charge is -2.31. The molecule has 2 aliphatic heterocycles. The highest BCUT2D eigenvalue weighted by Crippen LogP contribution is 2.54. The molecule has 6 rings (SSSR count). The normalized spacial score (nSPS) is 19.5. The Kier molecular flexibility index (Phi) is 7.80. The van der Waals surface area contributed by atoms with Gasteiger partial charge >= 0.3 is 11.0 Å². The summed E-state index contributed by atoms with van der Waals surface area (Å²) in [6, 6.07) is 16.0. The van der Waals surface area contributed by atoms with E-state index in [9.17, 15) is 32.3 Å². The molecule has 0 spiro atoms. The summed E-state index contributed by atoms with van der Waals surface area (Å²) in [6.45, 7) is 1.21. The molecule has 3 aromatic carbocycles. The number of para-hydroxylation sites is 1. The van der Waals surface area contributed by atoms with Crippen LogP contribution in [0.15, 0.2) is 76.6 Å². The Bertz CT molecular complexity index is 1860. The smallest absolute Gasteiger partial charge is 0.418 e. The van der Waals surface area contributed by atoms with E-state index in [-0.39, 0.29) is 15.6 Å². The summed E-state index contributed by atoms with van der Waals surface area (Å²) in [5.74, 6) is -3.45. The number of carbonyl (C=O) groups excluding carboxylic acids is 3. The fraction of sp³-hybridized carbons (Fsp3) is 0.200. The standard InChI is InChI=1S/C30H21ClF3N3O5S2/c1-14-6-9-16(10-7-14)37-27(39)23-22(24-26(36-29(41)44-24)43-25(23)28(37)40)17-12-15(31)8-11-20(17)42-13-21(38)35-19-5-3-2-4-18(19)30(32,33)34/h2-12,22-23,25H,13H2,1H3,(H,35,38)(H,36,41)/t22-,23?,25?/m1/s1. The number of nitrogens with one attached hydrogen (secondary N) is 2. The summed E-state index contributed by atoms with van der Waals surface area (Å²) < 4.78 is 46.0. The van der Waals surface area contributed by atoms with Crippen molar-refractivity contribution < 1.29 is 32.3 Å². The van der Waals surface area contributed by atoms with Crippen molar-refractivity contribution in [3.8, 4) is 5.75 Å². The summed E-state index contributed by atoms with van der Waals surface area (Å²) in [4.78, 5) is 56.9. The van der Waals surface area contributed by atoms with E-state index >= 15 is 0 Å². The van der Waals surface area contributed by atoms with Crippen LogP contribution in [0.25, 0.3) is 0 Å². The third-order valence-corrected chi connectivity index (χ3v) is 9.92. The highest BCUT2D eigenvalue weighted by Gasteiger charge is 2.57. The van der Waals surface area contributed by atoms with Crippen molar-refractivity contribution in [2.45, 2.75) is 29.3 Å². The molecule has 3 heterocycles. The number of fused-ring (bicyclic) bond motifs is 2. The number of hydrogen-bond acceptors (Lipinski definition) is 7. The number of rotatable bonds is 6. The highest BCUT2D eigenvalue weighted by molar-refractivity contribution is 8.00. The highest BCUT2D eigenvalue weighted by atomic mass is 35.5. The van der Waals surface area contributed by atoms with Crippen LogP contribution in [0, 0.1) is 12.8 Å². The lowest BCUT2D eigenvalue weighted by molar-refractivity contribution is -0.137. The van der Waals surface area contributed by atoms with E-state index in [1.165, 1.54) is 30.3 Å². The molecular weight excluding hydrogens is 639 g/mol. The number of alkyl halides is 3. The first-order valence-corrected chi connectivity index (χ1v) is 15.2. The lowest BCUT2D eigenvalue weighted by atomic mass is 9.82. The Hall–Kier alpha value is -4.07. The second-order valence-electron chi connectivity index (χ2n) is 10.2. The average Bonchev–Trinajstić information content (AvgIpc) is 3.46. The number of benzene rings is 3. The van der Waals surface area contributed by atoms with Gasteiger partial charge in [-0.05, 0) is 49.4 Å². The SMILES string of the molecule is Cc1ccc(N2C(=O)C3Sc4[nH]c(=O)sc4[C@H](c4cc(Cl)ccc4OCC(=O)Nc4ccccc4C(F)(F)F)C3C2=O)cc1. The number of anilines is 2. The van der Waals surface area contributed by atoms with Gasteiger partial charge in [-0.25, -0.2) is 4.90 Å². The predicted octanol–water partition coefficient (Wildman–Crippen LogP) is 6.23. The van der Waals surface area contributed by atoms with Crippen molar-refractivity contribution in [1.82, 2.24) is 4.98 Å². The number of H-pyrrole nitrogens is 1. The quantitative estimate of drug-likeness (QED) is 0.238. The molecule has 3 atom stereocenters. The van der Waals surface area contributed by atoms with Crippen LogP contribution in [-0.2, 0) is 20.6 Å². The number of thioether (sulfide) groups is 1. The summed E-state index contributed by atoms with van der Waals surface area (Å²) in [7, 11) is 0. The van der Waals surface area contributed by atoms with Crippen LogP contribution in [0.3, 0.4) is 0 Å². The predicted molar refractivity (Wildman–Crippen MR) is 161 cm³/mol. The van der Waals surface area contributed by atoms with Gasteiger partial charge in [0.05, 0.1) is 27.9 Å². The largest absolute Gasteiger partial charge is 0.483 e. The van der Waals surface area contributed by atoms with E-state index in [4.69, 9.17) is 16.3 Å². The fourth-order valence-corrected chi connectivity index (χ4v) is 8.05. The topological polar surface area (TPSA) is 109 Å². The van der Waals surface area contributed by atoms with E-state index in [1.807, 2.05) is 6.92 Å². The van der Waals surface area contributed by atoms with Gasteiger partial charge in [0.15, 0.2) is 6.61 Å². The third-order valence-electron chi connectivity index (χ3n) is 7.29. The van der Waals surface area contributed by atoms with Crippen LogP contribution in [0.5, 0.6) is 5.75 Å². The zero-order valence-electron chi connectivity index (χ0n) is 22.6. The van der Waals surface area contributed by atoms with Crippen molar-refractivity contribution in [1.29, 1.82) is 0 Å². The molecule has 1 fully saturated rings. The van der Waals surface area contributed by atoms with Crippen molar-refractivity contribution in [3.63, 3.8) is 0 Å². The van der Waals surface area contributed by atoms with E-state index in [1.54, 1.807) is 24.3 Å². The van der Waals surface area contributed by atoms with Gasteiger partial charge in [-0.15, -0.1) is 0 Å². The molecule has 0 aliphatic carbocycles. The molecule has 3 amide bonds. The van der Waals surface area contributed by atoms with Crippen LogP contribution < -0.4 is 19.8 Å². The molecule has 2 N–H and O–H groups in total. The zero-order chi connectivity index (χ0) is 31.3. The molecular formula is C30H21ClF3N3O5S2. The van der Waals surface area contributed by atoms with Crippen LogP contribution in [0.2, 0.25) is 5.02 Å². The van der Waals surface area contributed by atoms with Crippen LogP contribution in [0.4, 0.5) is 24.5 Å². The third kappa shape index (κ3) is 5.51. The Morgan fingerprint density at radius 1 is 1.05 bits per heavy atom. The maximum absolute atomic E-state index is 14.0. The first kappa shape index (κ1) is 30.0. The number of hydrogen-bond donors (Lipinski definition) is 2. The molecule has 1 aromatic heterocycles. The van der Waals surface area contributed by atoms with E-state index in [2.05, 4.69) is 10.3 Å². The van der Waals surface area contributed by atoms with Gasteiger partial charge in [0.25, 0.3) is 5.91 Å². The second-order valence-corrected chi connectivity index (χ2v) is 12.8. The molecule has 1 saturated heterocycles. The fourth-order valence-electron chi connectivity index (χ4n) is 5.36. The Morgan fingerprint density at radius 2 is 1.77 bits per heavy atom. The van der Waals surface area contributed by atoms with Crippen molar-refractivity contribution in [3.05, 3.63) is 103 Å². The number of thiazole rings is 1. The van der Waals surface area contributed by atoms with Crippen LogP contribution in [0.1, 0.15) is 27.5 Å². The zero-order valence-corrected chi connectivity index (χ0v) is 25.0. The van der Waals surface area contributed by atoms with Crippen LogP contribution >= 0.6 is 34.7 Å². The van der Waals surface area contributed by atoms with Crippen molar-refractivity contribution in [2.75, 3.05) is 16.8 Å². The minimum Gasteiger partial charge on any atom is -0.483 e. The van der Waals surface area contributed by atoms with Gasteiger partial charge in [0, 0.05) is 21.4 Å². The Morgan fingerprint density at radius 3 is 2.50 bits per heavy atom. The van der Waals surface area contributed by atoms with Gasteiger partial charge in [0.1, 0.15) is 11.0 Å². The average molecular weight is 660 g/mol. The second kappa shape index (κ2) is 11.5. The Balaban J connectivity index is 1.34. The molecule has 0 radical (unpaired) electrons. The number of halogens is 4. The molecule has 0 saturated carbocycles. The number of imide groups is 1. The molecule has 44 heavy (non-hydrogen) atoms. The maximum Gasteiger partial charge on any atom is 0.418 e. The number of nitrogens with zero attached hydrogens (tertiary/aromatic N) is 1. The van der Waals surface area contributed by atoms with Gasteiger partial charge in [-0.3, -0.25) is 19.2 Å². The van der Waals surface area contributed by atoms with Crippen molar-refractivity contribution >= 4 is 63.8 Å². The number of aromatic amines is 1. The van der Waals surface area contributed by atoms with Gasteiger partial charge < -0.3 is 15.0 Å². The summed E-state index contributed by atoms with van der Waals surface area (Å²) in [5.41, 5.74) is 0.270. The van der Waals surface area contributed by atoms with Gasteiger partial charge in [-0.2, -0.15) is 13.2 Å². The summed E-state index contributed by atoms with van der Waals surface area (Å²) in [6.07, 6.45) is -4.68. The van der Waals surface area contributed by atoms with Crippen LogP contribution in [-0.4, -0.2) is 34.6 Å². The lowest BCUT2D eigenvalue weighted by Crippen LogP contribution is -2.32. The molecule has 0 bridgehead atoms. The summed E-state index contributed by atoms with van der Waals surface area (Å²) in [5, 5.41) is 2.06. The summed E-state index contributed by atoms with van der Waals surface area (Å²) >= 11 is 8.37. The number of amides is 3. The first-order valence-electron chi connectivity index (χ1n) is 13.1. The molecule has 4 aromatic rings. The van der Waals surface area contributed by atoms with Crippen molar-refractivity contribution in [2.24, 2.45) is 5.92 Å². The van der Waals surface area contributed by atoms with E-state index in [0.717, 1.165) is 45.7 Å². The molecule has 8 nitrogen and oxygen atoms in total. The minimum absolute atomic E-state index is 0.116. The monoisotopic (exact) mass is 659 g/mol. The first-order chi connectivity index (χ1) is 20.9. The molecule has 226 valence electrons. The van der Waals surface area contributed by atoms with Gasteiger partial charge in [0.2, 0.25) is 11.8 Å².